The molecule has 0 saturated heterocycles. The Morgan fingerprint density at radius 2 is 2.20 bits per heavy atom. The molecule has 0 spiro atoms. The smallest absolute Gasteiger partial charge is 0.340 e. The second-order valence-electron chi connectivity index (χ2n) is 2.88. The lowest BCUT2D eigenvalue weighted by atomic mass is 10.1. The predicted octanol–water partition coefficient (Wildman–Crippen LogP) is 2.07. The van der Waals surface area contributed by atoms with E-state index in [1.807, 2.05) is 0 Å². The summed E-state index contributed by atoms with van der Waals surface area (Å²) < 4.78 is 4.63. The average Bonchev–Trinajstić information content (AvgIpc) is 2.29. The molecule has 0 saturated carbocycles. The van der Waals surface area contributed by atoms with E-state index in [9.17, 15) is 4.79 Å². The summed E-state index contributed by atoms with van der Waals surface area (Å²) in [5.74, 6) is -0.447. The van der Waals surface area contributed by atoms with Crippen LogP contribution in [0.15, 0.2) is 24.4 Å². The van der Waals surface area contributed by atoms with Crippen LogP contribution >= 0.6 is 11.6 Å². The van der Waals surface area contributed by atoms with Gasteiger partial charge in [-0.05, 0) is 18.2 Å². The summed E-state index contributed by atoms with van der Waals surface area (Å²) in [4.78, 5) is 11.4. The Morgan fingerprint density at radius 1 is 1.40 bits per heavy atom. The summed E-state index contributed by atoms with van der Waals surface area (Å²) in [5, 5.41) is 8.81. The number of ether oxygens (including phenoxy) is 1. The van der Waals surface area contributed by atoms with Crippen LogP contribution in [0.1, 0.15) is 10.4 Å². The third kappa shape index (κ3) is 1.64. The zero-order valence-corrected chi connectivity index (χ0v) is 8.65. The van der Waals surface area contributed by atoms with Gasteiger partial charge in [-0.2, -0.15) is 5.10 Å². The molecule has 76 valence electrons. The number of aromatic nitrogens is 2. The van der Waals surface area contributed by atoms with Crippen LogP contribution in [0.25, 0.3) is 10.9 Å². The fraction of sp³-hybridized carbons (Fsp3) is 0.100. The molecule has 1 aromatic carbocycles. The summed E-state index contributed by atoms with van der Waals surface area (Å²) in [5.41, 5.74) is 0.821. The van der Waals surface area contributed by atoms with Crippen molar-refractivity contribution in [3.63, 3.8) is 0 Å². The molecule has 5 heteroatoms. The largest absolute Gasteiger partial charge is 0.465 e. The monoisotopic (exact) mass is 222 g/mol. The fourth-order valence-electron chi connectivity index (χ4n) is 1.32. The van der Waals surface area contributed by atoms with E-state index in [1.165, 1.54) is 13.3 Å². The molecule has 0 N–H and O–H groups in total. The first kappa shape index (κ1) is 9.86. The second kappa shape index (κ2) is 3.82. The van der Waals surface area contributed by atoms with Gasteiger partial charge in [-0.3, -0.25) is 0 Å². The lowest BCUT2D eigenvalue weighted by Gasteiger charge is -2.03. The molecule has 4 nitrogen and oxygen atoms in total. The van der Waals surface area contributed by atoms with Gasteiger partial charge >= 0.3 is 5.97 Å². The first-order chi connectivity index (χ1) is 7.24. The first-order valence-corrected chi connectivity index (χ1v) is 4.60. The lowest BCUT2D eigenvalue weighted by Crippen LogP contribution is -2.03. The van der Waals surface area contributed by atoms with Crippen molar-refractivity contribution in [2.75, 3.05) is 7.11 Å². The van der Waals surface area contributed by atoms with Crippen LogP contribution in [0.4, 0.5) is 0 Å². The van der Waals surface area contributed by atoms with Crippen molar-refractivity contribution in [1.82, 2.24) is 10.2 Å². The quantitative estimate of drug-likeness (QED) is 0.693. The van der Waals surface area contributed by atoms with Crippen molar-refractivity contribution < 1.29 is 9.53 Å². The molecule has 2 aromatic rings. The Bertz CT molecular complexity index is 528. The number of benzene rings is 1. The minimum atomic E-state index is -0.447. The van der Waals surface area contributed by atoms with Gasteiger partial charge in [0.2, 0.25) is 0 Å². The van der Waals surface area contributed by atoms with Crippen molar-refractivity contribution in [3.8, 4) is 0 Å². The summed E-state index contributed by atoms with van der Waals surface area (Å²) in [7, 11) is 1.32. The molecule has 2 rings (SSSR count). The molecule has 15 heavy (non-hydrogen) atoms. The van der Waals surface area contributed by atoms with Crippen molar-refractivity contribution in [1.29, 1.82) is 0 Å². The molecule has 0 bridgehead atoms. The highest BCUT2D eigenvalue weighted by Gasteiger charge is 2.13. The molecule has 0 aliphatic heterocycles. The summed E-state index contributed by atoms with van der Waals surface area (Å²) in [6.45, 7) is 0. The summed E-state index contributed by atoms with van der Waals surface area (Å²) in [6, 6.07) is 4.92. The number of fused-ring (bicyclic) bond motifs is 1. The van der Waals surface area contributed by atoms with Crippen LogP contribution in [0.5, 0.6) is 0 Å². The van der Waals surface area contributed by atoms with E-state index in [0.29, 0.717) is 21.5 Å². The number of hydrogen-bond acceptors (Lipinski definition) is 4. The topological polar surface area (TPSA) is 52.1 Å². The van der Waals surface area contributed by atoms with Crippen molar-refractivity contribution in [2.24, 2.45) is 0 Å². The van der Waals surface area contributed by atoms with Crippen molar-refractivity contribution in [3.05, 3.63) is 35.0 Å². The summed E-state index contributed by atoms with van der Waals surface area (Å²) >= 11 is 5.96. The lowest BCUT2D eigenvalue weighted by molar-refractivity contribution is 0.0602. The molecule has 0 atom stereocenters. The molecule has 0 unspecified atom stereocenters. The van der Waals surface area contributed by atoms with E-state index in [-0.39, 0.29) is 0 Å². The van der Waals surface area contributed by atoms with E-state index < -0.39 is 5.97 Å². The van der Waals surface area contributed by atoms with Gasteiger partial charge < -0.3 is 4.74 Å². The highest BCUT2D eigenvalue weighted by molar-refractivity contribution is 6.35. The van der Waals surface area contributed by atoms with Crippen LogP contribution < -0.4 is 0 Å². The standard InChI is InChI=1S/C10H7ClN2O2/c1-15-10(14)7-2-3-8(11)6-4-5-12-13-9(6)7/h2-5H,1H3. The molecular weight excluding hydrogens is 216 g/mol. The predicted molar refractivity (Wildman–Crippen MR) is 55.9 cm³/mol. The maximum atomic E-state index is 11.4. The molecule has 1 heterocycles. The highest BCUT2D eigenvalue weighted by Crippen LogP contribution is 2.24. The van der Waals surface area contributed by atoms with Gasteiger partial charge in [-0.25, -0.2) is 4.79 Å². The molecule has 0 amide bonds. The Hall–Kier alpha value is -1.68. The maximum absolute atomic E-state index is 11.4. The summed E-state index contributed by atoms with van der Waals surface area (Å²) in [6.07, 6.45) is 1.52. The number of rotatable bonds is 1. The van der Waals surface area contributed by atoms with Crippen LogP contribution in [0, 0.1) is 0 Å². The molecule has 0 radical (unpaired) electrons. The van der Waals surface area contributed by atoms with Crippen LogP contribution in [0.2, 0.25) is 5.02 Å². The first-order valence-electron chi connectivity index (χ1n) is 4.22. The van der Waals surface area contributed by atoms with Gasteiger partial charge in [0, 0.05) is 5.39 Å². The maximum Gasteiger partial charge on any atom is 0.340 e. The van der Waals surface area contributed by atoms with Crippen LogP contribution in [-0.2, 0) is 4.74 Å². The Labute approximate surface area is 90.8 Å². The van der Waals surface area contributed by atoms with Crippen molar-refractivity contribution in [2.45, 2.75) is 0 Å². The Balaban J connectivity index is 2.77. The van der Waals surface area contributed by atoms with E-state index in [4.69, 9.17) is 11.6 Å². The molecule has 0 aliphatic carbocycles. The Morgan fingerprint density at radius 3 is 2.93 bits per heavy atom. The van der Waals surface area contributed by atoms with Gasteiger partial charge in [0.25, 0.3) is 0 Å². The number of carbonyl (C=O) groups excluding carboxylic acids is 1. The number of carbonyl (C=O) groups is 1. The minimum absolute atomic E-state index is 0.366. The van der Waals surface area contributed by atoms with Gasteiger partial charge in [0.1, 0.15) is 5.52 Å². The molecule has 0 fully saturated rings. The van der Waals surface area contributed by atoms with E-state index in [2.05, 4.69) is 14.9 Å². The molecule has 0 aliphatic rings. The zero-order valence-electron chi connectivity index (χ0n) is 7.90. The average molecular weight is 223 g/mol. The van der Waals surface area contributed by atoms with Gasteiger partial charge in [0.05, 0.1) is 23.9 Å². The number of methoxy groups -OCH3 is 1. The second-order valence-corrected chi connectivity index (χ2v) is 3.29. The third-order valence-electron chi connectivity index (χ3n) is 2.03. The molecular formula is C10H7ClN2O2. The molecule has 1 aromatic heterocycles. The van der Waals surface area contributed by atoms with E-state index >= 15 is 0 Å². The van der Waals surface area contributed by atoms with Crippen LogP contribution in [-0.4, -0.2) is 23.3 Å². The number of esters is 1. The Kier molecular flexibility index (Phi) is 2.51. The minimum Gasteiger partial charge on any atom is -0.465 e. The number of nitrogens with zero attached hydrogens (tertiary/aromatic N) is 2. The van der Waals surface area contributed by atoms with Gasteiger partial charge in [-0.1, -0.05) is 11.6 Å². The number of halogens is 1. The SMILES string of the molecule is COC(=O)c1ccc(Cl)c2ccnnc12. The van der Waals surface area contributed by atoms with Gasteiger partial charge in [0.15, 0.2) is 0 Å². The highest BCUT2D eigenvalue weighted by atomic mass is 35.5. The third-order valence-corrected chi connectivity index (χ3v) is 2.36. The van der Waals surface area contributed by atoms with Gasteiger partial charge in [-0.15, -0.1) is 5.10 Å². The number of hydrogen-bond donors (Lipinski definition) is 0. The van der Waals surface area contributed by atoms with Crippen molar-refractivity contribution >= 4 is 28.5 Å². The van der Waals surface area contributed by atoms with Crippen LogP contribution in [0.3, 0.4) is 0 Å². The zero-order chi connectivity index (χ0) is 10.8. The normalized spacial score (nSPS) is 10.3. The van der Waals surface area contributed by atoms with E-state index in [1.54, 1.807) is 18.2 Å². The fourth-order valence-corrected chi connectivity index (χ4v) is 1.54. The van der Waals surface area contributed by atoms with E-state index in [0.717, 1.165) is 0 Å².